The Labute approximate surface area is 216 Å². The van der Waals surface area contributed by atoms with Gasteiger partial charge in [-0.2, -0.15) is 13.2 Å². The summed E-state index contributed by atoms with van der Waals surface area (Å²) in [5.41, 5.74) is 5.33. The third-order valence-electron chi connectivity index (χ3n) is 5.06. The number of hydrogen-bond acceptors (Lipinski definition) is 7. The fraction of sp³-hybridized carbons (Fsp3) is 0.208. The van der Waals surface area contributed by atoms with Crippen molar-refractivity contribution in [3.8, 4) is 23.1 Å². The zero-order chi connectivity index (χ0) is 25.9. The molecule has 0 fully saturated rings. The monoisotopic (exact) mass is 533 g/mol. The van der Waals surface area contributed by atoms with E-state index in [-0.39, 0.29) is 53.6 Å². The number of alkyl halides is 3. The van der Waals surface area contributed by atoms with Crippen molar-refractivity contribution in [3.05, 3.63) is 77.7 Å². The van der Waals surface area contributed by atoms with E-state index in [4.69, 9.17) is 10.5 Å². The molecule has 1 aromatic carbocycles. The minimum atomic E-state index is -4.66. The summed E-state index contributed by atoms with van der Waals surface area (Å²) in [5.74, 6) is 0.196. The summed E-state index contributed by atoms with van der Waals surface area (Å²) in [6.07, 6.45) is -3.05. The second-order valence-electron chi connectivity index (χ2n) is 8.05. The zero-order valence-electron chi connectivity index (χ0n) is 19.7. The predicted molar refractivity (Wildman–Crippen MR) is 132 cm³/mol. The average molecular weight is 534 g/mol. The van der Waals surface area contributed by atoms with Gasteiger partial charge in [0.25, 0.3) is 5.91 Å². The summed E-state index contributed by atoms with van der Waals surface area (Å²) in [4.78, 5) is 20.8. The Kier molecular flexibility index (Phi) is 8.46. The highest BCUT2D eigenvalue weighted by Crippen LogP contribution is 2.31. The number of amides is 1. The van der Waals surface area contributed by atoms with Crippen LogP contribution in [0.25, 0.3) is 11.5 Å². The standard InChI is InChI=1S/C24H22F3N7O2.ClH/c1-14(2)34-13-29-33-22(34)18-7-4-8-20(30-18)32-23(35)16-5-3-6-17(11-16)36-21-10-15(12-28)9-19(31-21)24(25,26)27;/h3-11,13-14H,12,28H2,1-2H3,(H,30,32,35);1H. The third kappa shape index (κ3) is 6.60. The number of nitrogens with zero attached hydrogens (tertiary/aromatic N) is 5. The molecule has 1 amide bonds. The lowest BCUT2D eigenvalue weighted by Crippen LogP contribution is -2.13. The van der Waals surface area contributed by atoms with Crippen LogP contribution in [-0.2, 0) is 12.7 Å². The molecule has 37 heavy (non-hydrogen) atoms. The van der Waals surface area contributed by atoms with Crippen molar-refractivity contribution in [1.82, 2.24) is 24.7 Å². The van der Waals surface area contributed by atoms with E-state index in [1.165, 1.54) is 30.3 Å². The summed E-state index contributed by atoms with van der Waals surface area (Å²) in [7, 11) is 0. The number of aromatic nitrogens is 5. The first kappa shape index (κ1) is 27.6. The molecule has 4 rings (SSSR count). The Morgan fingerprint density at radius 2 is 1.86 bits per heavy atom. The maximum absolute atomic E-state index is 13.2. The van der Waals surface area contributed by atoms with Crippen molar-refractivity contribution in [3.63, 3.8) is 0 Å². The summed E-state index contributed by atoms with van der Waals surface area (Å²) in [6, 6.07) is 13.4. The van der Waals surface area contributed by atoms with Crippen molar-refractivity contribution in [1.29, 1.82) is 0 Å². The molecule has 0 aliphatic rings. The molecular weight excluding hydrogens is 511 g/mol. The van der Waals surface area contributed by atoms with Crippen LogP contribution in [0.2, 0.25) is 0 Å². The van der Waals surface area contributed by atoms with Crippen LogP contribution in [0.4, 0.5) is 19.0 Å². The Morgan fingerprint density at radius 3 is 2.57 bits per heavy atom. The number of nitrogens with one attached hydrogen (secondary N) is 1. The Balaban J connectivity index is 0.00000380. The maximum Gasteiger partial charge on any atom is 0.433 e. The SMILES string of the molecule is CC(C)n1cnnc1-c1cccc(NC(=O)c2cccc(Oc3cc(CN)cc(C(F)(F)F)n3)c2)n1.Cl. The number of carbonyl (C=O) groups excluding carboxylic acids is 1. The van der Waals surface area contributed by atoms with Gasteiger partial charge in [0.15, 0.2) is 5.82 Å². The number of carbonyl (C=O) groups is 1. The highest BCUT2D eigenvalue weighted by atomic mass is 35.5. The molecule has 0 aliphatic carbocycles. The second kappa shape index (κ2) is 11.4. The van der Waals surface area contributed by atoms with E-state index in [1.54, 1.807) is 24.5 Å². The van der Waals surface area contributed by atoms with Crippen LogP contribution in [0.3, 0.4) is 0 Å². The number of nitrogens with two attached hydrogens (primary N) is 1. The third-order valence-corrected chi connectivity index (χ3v) is 5.06. The Bertz CT molecular complexity index is 1390. The average Bonchev–Trinajstić information content (AvgIpc) is 3.34. The van der Waals surface area contributed by atoms with Crippen molar-refractivity contribution in [2.45, 2.75) is 32.6 Å². The van der Waals surface area contributed by atoms with Crippen LogP contribution < -0.4 is 15.8 Å². The molecule has 3 heterocycles. The molecule has 3 N–H and O–H groups in total. The quantitative estimate of drug-likeness (QED) is 0.332. The molecule has 0 unspecified atom stereocenters. The molecule has 0 saturated heterocycles. The van der Waals surface area contributed by atoms with E-state index >= 15 is 0 Å². The van der Waals surface area contributed by atoms with Crippen LogP contribution in [-0.4, -0.2) is 30.6 Å². The van der Waals surface area contributed by atoms with Gasteiger partial charge >= 0.3 is 6.18 Å². The van der Waals surface area contributed by atoms with E-state index in [9.17, 15) is 18.0 Å². The molecular formula is C24H23ClF3N7O2. The highest BCUT2D eigenvalue weighted by Gasteiger charge is 2.33. The van der Waals surface area contributed by atoms with Gasteiger partial charge in [-0.25, -0.2) is 9.97 Å². The molecule has 0 spiro atoms. The van der Waals surface area contributed by atoms with Crippen molar-refractivity contribution >= 4 is 24.1 Å². The van der Waals surface area contributed by atoms with E-state index in [2.05, 4.69) is 25.5 Å². The summed E-state index contributed by atoms with van der Waals surface area (Å²) < 4.78 is 46.8. The molecule has 194 valence electrons. The van der Waals surface area contributed by atoms with Crippen molar-refractivity contribution in [2.24, 2.45) is 5.73 Å². The first-order valence-electron chi connectivity index (χ1n) is 10.9. The largest absolute Gasteiger partial charge is 0.439 e. The minimum Gasteiger partial charge on any atom is -0.439 e. The number of halogens is 4. The van der Waals surface area contributed by atoms with Gasteiger partial charge in [0.2, 0.25) is 5.88 Å². The molecule has 0 saturated carbocycles. The number of pyridine rings is 2. The molecule has 9 nitrogen and oxygen atoms in total. The molecule has 0 radical (unpaired) electrons. The van der Waals surface area contributed by atoms with Gasteiger partial charge in [-0.05, 0) is 55.8 Å². The molecule has 13 heteroatoms. The van der Waals surface area contributed by atoms with E-state index in [0.717, 1.165) is 6.07 Å². The van der Waals surface area contributed by atoms with E-state index in [1.807, 2.05) is 18.4 Å². The Hall–Kier alpha value is -4.03. The molecule has 4 aromatic rings. The molecule has 0 bridgehead atoms. The summed E-state index contributed by atoms with van der Waals surface area (Å²) in [6.45, 7) is 3.85. The number of ether oxygens (including phenoxy) is 1. The predicted octanol–water partition coefficient (Wildman–Crippen LogP) is 5.26. The number of benzene rings is 1. The number of anilines is 1. The summed E-state index contributed by atoms with van der Waals surface area (Å²) in [5, 5.41) is 10.7. The van der Waals surface area contributed by atoms with E-state index in [0.29, 0.717) is 11.5 Å². The van der Waals surface area contributed by atoms with Crippen LogP contribution in [0, 0.1) is 0 Å². The second-order valence-corrected chi connectivity index (χ2v) is 8.05. The number of rotatable bonds is 7. The van der Waals surface area contributed by atoms with Gasteiger partial charge in [-0.15, -0.1) is 22.6 Å². The lowest BCUT2D eigenvalue weighted by atomic mass is 10.2. The minimum absolute atomic E-state index is 0. The fourth-order valence-electron chi connectivity index (χ4n) is 3.32. The number of hydrogen-bond donors (Lipinski definition) is 2. The van der Waals surface area contributed by atoms with Crippen LogP contribution in [0.15, 0.2) is 60.9 Å². The van der Waals surface area contributed by atoms with Crippen molar-refractivity contribution < 1.29 is 22.7 Å². The van der Waals surface area contributed by atoms with Gasteiger partial charge < -0.3 is 20.4 Å². The first-order chi connectivity index (χ1) is 17.1. The van der Waals surface area contributed by atoms with Gasteiger partial charge in [-0.3, -0.25) is 4.79 Å². The maximum atomic E-state index is 13.2. The fourth-order valence-corrected chi connectivity index (χ4v) is 3.32. The normalized spacial score (nSPS) is 11.2. The smallest absolute Gasteiger partial charge is 0.433 e. The summed E-state index contributed by atoms with van der Waals surface area (Å²) >= 11 is 0. The van der Waals surface area contributed by atoms with Gasteiger partial charge in [0, 0.05) is 24.2 Å². The van der Waals surface area contributed by atoms with Crippen LogP contribution >= 0.6 is 12.4 Å². The van der Waals surface area contributed by atoms with E-state index < -0.39 is 17.8 Å². The Morgan fingerprint density at radius 1 is 1.11 bits per heavy atom. The topological polar surface area (TPSA) is 121 Å². The van der Waals surface area contributed by atoms with Crippen LogP contribution in [0.5, 0.6) is 11.6 Å². The van der Waals surface area contributed by atoms with Crippen LogP contribution in [0.1, 0.15) is 41.5 Å². The highest BCUT2D eigenvalue weighted by molar-refractivity contribution is 6.04. The van der Waals surface area contributed by atoms with Gasteiger partial charge in [0.05, 0.1) is 0 Å². The first-order valence-corrected chi connectivity index (χ1v) is 10.9. The molecule has 3 aromatic heterocycles. The van der Waals surface area contributed by atoms with Gasteiger partial charge in [0.1, 0.15) is 29.3 Å². The molecule has 0 atom stereocenters. The lowest BCUT2D eigenvalue weighted by molar-refractivity contribution is -0.141. The lowest BCUT2D eigenvalue weighted by Gasteiger charge is -2.12. The molecule has 0 aliphatic heterocycles. The van der Waals surface area contributed by atoms with Gasteiger partial charge in [-0.1, -0.05) is 12.1 Å². The van der Waals surface area contributed by atoms with Crippen molar-refractivity contribution in [2.75, 3.05) is 5.32 Å². The zero-order valence-corrected chi connectivity index (χ0v) is 20.5.